The van der Waals surface area contributed by atoms with Crippen molar-refractivity contribution in [3.05, 3.63) is 12.2 Å². The zero-order valence-electron chi connectivity index (χ0n) is 9.59. The van der Waals surface area contributed by atoms with E-state index < -0.39 is 0 Å². The van der Waals surface area contributed by atoms with E-state index in [1.807, 2.05) is 7.05 Å². The predicted molar refractivity (Wildman–Crippen MR) is 62.7 cm³/mol. The van der Waals surface area contributed by atoms with Crippen molar-refractivity contribution in [2.24, 2.45) is 5.92 Å². The summed E-state index contributed by atoms with van der Waals surface area (Å²) >= 11 is 0. The van der Waals surface area contributed by atoms with Crippen molar-refractivity contribution in [3.8, 4) is 0 Å². The molecule has 0 spiro atoms. The molecule has 1 aliphatic rings. The van der Waals surface area contributed by atoms with Crippen molar-refractivity contribution in [2.45, 2.75) is 32.1 Å². The summed E-state index contributed by atoms with van der Waals surface area (Å²) in [7, 11) is 1.91. The van der Waals surface area contributed by atoms with Gasteiger partial charge in [-0.3, -0.25) is 4.79 Å². The monoisotopic (exact) mass is 210 g/mol. The van der Waals surface area contributed by atoms with Crippen LogP contribution in [0.4, 0.5) is 0 Å². The van der Waals surface area contributed by atoms with Crippen LogP contribution in [0.1, 0.15) is 32.1 Å². The van der Waals surface area contributed by atoms with Crippen molar-refractivity contribution in [3.63, 3.8) is 0 Å². The van der Waals surface area contributed by atoms with Crippen LogP contribution >= 0.6 is 0 Å². The van der Waals surface area contributed by atoms with Gasteiger partial charge in [0.15, 0.2) is 0 Å². The van der Waals surface area contributed by atoms with E-state index in [1.54, 1.807) is 0 Å². The van der Waals surface area contributed by atoms with Gasteiger partial charge < -0.3 is 10.6 Å². The maximum atomic E-state index is 11.4. The molecule has 1 atom stereocenters. The molecule has 15 heavy (non-hydrogen) atoms. The molecule has 0 aliphatic heterocycles. The first-order valence-electron chi connectivity index (χ1n) is 5.89. The number of allylic oxidation sites excluding steroid dienone is 2. The van der Waals surface area contributed by atoms with E-state index in [-0.39, 0.29) is 5.91 Å². The van der Waals surface area contributed by atoms with Gasteiger partial charge in [0.1, 0.15) is 0 Å². The van der Waals surface area contributed by atoms with Gasteiger partial charge >= 0.3 is 0 Å². The third kappa shape index (κ3) is 5.57. The van der Waals surface area contributed by atoms with E-state index in [1.165, 1.54) is 12.8 Å². The first-order chi connectivity index (χ1) is 7.33. The molecule has 0 saturated carbocycles. The second-order valence-electron chi connectivity index (χ2n) is 4.16. The minimum Gasteiger partial charge on any atom is -0.356 e. The maximum absolute atomic E-state index is 11.4. The second kappa shape index (κ2) is 7.46. The number of carbonyl (C=O) groups is 1. The van der Waals surface area contributed by atoms with Gasteiger partial charge in [0.05, 0.1) is 0 Å². The fourth-order valence-electron chi connectivity index (χ4n) is 1.81. The first-order valence-corrected chi connectivity index (χ1v) is 5.89. The van der Waals surface area contributed by atoms with Crippen LogP contribution in [0.3, 0.4) is 0 Å². The lowest BCUT2D eigenvalue weighted by atomic mass is 9.94. The summed E-state index contributed by atoms with van der Waals surface area (Å²) in [6.07, 6.45) is 9.52. The predicted octanol–water partition coefficient (Wildman–Crippen LogP) is 1.46. The summed E-state index contributed by atoms with van der Waals surface area (Å²) in [5, 5.41) is 6.05. The van der Waals surface area contributed by atoms with E-state index in [9.17, 15) is 4.79 Å². The van der Waals surface area contributed by atoms with Gasteiger partial charge in [0.25, 0.3) is 0 Å². The molecule has 1 aliphatic carbocycles. The highest BCUT2D eigenvalue weighted by atomic mass is 16.1. The molecule has 0 aromatic carbocycles. The van der Waals surface area contributed by atoms with Crippen LogP contribution in [0.25, 0.3) is 0 Å². The standard InChI is InChI=1S/C12H22N2O/c1-13-9-5-8-12(15)14-10-11-6-3-2-4-7-11/h2-3,11,13H,4-10H2,1H3,(H,14,15). The summed E-state index contributed by atoms with van der Waals surface area (Å²) < 4.78 is 0. The molecule has 2 N–H and O–H groups in total. The van der Waals surface area contributed by atoms with Crippen LogP contribution in [-0.2, 0) is 4.79 Å². The lowest BCUT2D eigenvalue weighted by molar-refractivity contribution is -0.121. The minimum absolute atomic E-state index is 0.194. The third-order valence-electron chi connectivity index (χ3n) is 2.80. The van der Waals surface area contributed by atoms with Crippen molar-refractivity contribution in [2.75, 3.05) is 20.1 Å². The van der Waals surface area contributed by atoms with Gasteiger partial charge in [-0.05, 0) is 45.2 Å². The normalized spacial score (nSPS) is 20.2. The number of rotatable bonds is 6. The highest BCUT2D eigenvalue weighted by molar-refractivity contribution is 5.75. The molecule has 0 radical (unpaired) electrons. The molecular formula is C12H22N2O. The fourth-order valence-corrected chi connectivity index (χ4v) is 1.81. The Labute approximate surface area is 92.3 Å². The average Bonchev–Trinajstić information content (AvgIpc) is 2.28. The zero-order chi connectivity index (χ0) is 10.9. The molecule has 0 aromatic rings. The molecule has 1 rings (SSSR count). The molecule has 0 aromatic heterocycles. The number of nitrogens with one attached hydrogen (secondary N) is 2. The average molecular weight is 210 g/mol. The third-order valence-corrected chi connectivity index (χ3v) is 2.80. The Bertz CT molecular complexity index is 214. The first kappa shape index (κ1) is 12.2. The molecule has 86 valence electrons. The summed E-state index contributed by atoms with van der Waals surface area (Å²) in [5.41, 5.74) is 0. The van der Waals surface area contributed by atoms with Crippen LogP contribution in [0.5, 0.6) is 0 Å². The second-order valence-corrected chi connectivity index (χ2v) is 4.16. The van der Waals surface area contributed by atoms with Crippen LogP contribution < -0.4 is 10.6 Å². The SMILES string of the molecule is CNCCCC(=O)NCC1CC=CCC1. The molecule has 3 nitrogen and oxygen atoms in total. The van der Waals surface area contributed by atoms with E-state index in [4.69, 9.17) is 0 Å². The minimum atomic E-state index is 0.194. The number of carbonyl (C=O) groups excluding carboxylic acids is 1. The van der Waals surface area contributed by atoms with Crippen LogP contribution in [0.2, 0.25) is 0 Å². The highest BCUT2D eigenvalue weighted by Gasteiger charge is 2.10. The number of hydrogen-bond acceptors (Lipinski definition) is 2. The number of amides is 1. The summed E-state index contributed by atoms with van der Waals surface area (Å²) in [4.78, 5) is 11.4. The fraction of sp³-hybridized carbons (Fsp3) is 0.750. The molecule has 0 fully saturated rings. The van der Waals surface area contributed by atoms with Crippen molar-refractivity contribution < 1.29 is 4.79 Å². The lowest BCUT2D eigenvalue weighted by Crippen LogP contribution is -2.30. The Kier molecular flexibility index (Phi) is 6.09. The van der Waals surface area contributed by atoms with Gasteiger partial charge in [-0.15, -0.1) is 0 Å². The van der Waals surface area contributed by atoms with E-state index >= 15 is 0 Å². The lowest BCUT2D eigenvalue weighted by Gasteiger charge is -2.18. The molecule has 0 heterocycles. The van der Waals surface area contributed by atoms with Gasteiger partial charge in [-0.2, -0.15) is 0 Å². The summed E-state index contributed by atoms with van der Waals surface area (Å²) in [5.74, 6) is 0.850. The van der Waals surface area contributed by atoms with Crippen molar-refractivity contribution >= 4 is 5.91 Å². The van der Waals surface area contributed by atoms with Gasteiger partial charge in [0, 0.05) is 13.0 Å². The molecule has 3 heteroatoms. The van der Waals surface area contributed by atoms with Gasteiger partial charge in [0.2, 0.25) is 5.91 Å². The molecule has 0 saturated heterocycles. The Balaban J connectivity index is 2.03. The summed E-state index contributed by atoms with van der Waals surface area (Å²) in [6.45, 7) is 1.77. The van der Waals surface area contributed by atoms with E-state index in [0.29, 0.717) is 12.3 Å². The van der Waals surface area contributed by atoms with Crippen molar-refractivity contribution in [1.82, 2.24) is 10.6 Å². The zero-order valence-corrected chi connectivity index (χ0v) is 9.59. The Morgan fingerprint density at radius 3 is 3.00 bits per heavy atom. The maximum Gasteiger partial charge on any atom is 0.220 e. The van der Waals surface area contributed by atoms with Crippen molar-refractivity contribution in [1.29, 1.82) is 0 Å². The van der Waals surface area contributed by atoms with Crippen LogP contribution in [0, 0.1) is 5.92 Å². The molecular weight excluding hydrogens is 188 g/mol. The Morgan fingerprint density at radius 1 is 1.47 bits per heavy atom. The summed E-state index contributed by atoms with van der Waals surface area (Å²) in [6, 6.07) is 0. The Morgan fingerprint density at radius 2 is 2.33 bits per heavy atom. The Hall–Kier alpha value is -0.830. The van der Waals surface area contributed by atoms with E-state index in [0.717, 1.165) is 25.9 Å². The molecule has 1 unspecified atom stereocenters. The molecule has 1 amide bonds. The highest BCUT2D eigenvalue weighted by Crippen LogP contribution is 2.16. The quantitative estimate of drug-likeness (QED) is 0.515. The van der Waals surface area contributed by atoms with Crippen LogP contribution in [0.15, 0.2) is 12.2 Å². The molecule has 0 bridgehead atoms. The van der Waals surface area contributed by atoms with Gasteiger partial charge in [-0.25, -0.2) is 0 Å². The van der Waals surface area contributed by atoms with E-state index in [2.05, 4.69) is 22.8 Å². The largest absolute Gasteiger partial charge is 0.356 e. The topological polar surface area (TPSA) is 41.1 Å². The smallest absolute Gasteiger partial charge is 0.220 e. The van der Waals surface area contributed by atoms with Crippen LogP contribution in [-0.4, -0.2) is 26.0 Å². The number of hydrogen-bond donors (Lipinski definition) is 2. The van der Waals surface area contributed by atoms with Gasteiger partial charge in [-0.1, -0.05) is 12.2 Å².